The van der Waals surface area contributed by atoms with E-state index in [9.17, 15) is 8.78 Å². The Hall–Kier alpha value is -0.960. The second kappa shape index (κ2) is 2.96. The maximum absolute atomic E-state index is 12.6. The lowest BCUT2D eigenvalue weighted by Gasteiger charge is -1.97. The van der Waals surface area contributed by atoms with E-state index in [-0.39, 0.29) is 10.6 Å². The molecule has 0 aliphatic carbocycles. The van der Waals surface area contributed by atoms with Gasteiger partial charge >= 0.3 is 0 Å². The van der Waals surface area contributed by atoms with Gasteiger partial charge in [0.2, 0.25) is 0 Å². The van der Waals surface area contributed by atoms with Gasteiger partial charge in [-0.25, -0.2) is 8.78 Å². The summed E-state index contributed by atoms with van der Waals surface area (Å²) >= 11 is 5.32. The van der Waals surface area contributed by atoms with Crippen molar-refractivity contribution in [2.75, 3.05) is 0 Å². The molecule has 0 radical (unpaired) electrons. The molecular formula is C7H4ClF2N. The Morgan fingerprint density at radius 2 is 1.91 bits per heavy atom. The van der Waals surface area contributed by atoms with Crippen molar-refractivity contribution in [3.8, 4) is 0 Å². The summed E-state index contributed by atoms with van der Waals surface area (Å²) in [5, 5.41) is 6.53. The molecular weight excluding hydrogens is 172 g/mol. The predicted octanol–water partition coefficient (Wildman–Crippen LogP) is 2.62. The summed E-state index contributed by atoms with van der Waals surface area (Å²) in [7, 11) is 0. The van der Waals surface area contributed by atoms with Gasteiger partial charge in [-0.1, -0.05) is 11.6 Å². The standard InChI is InChI=1S/C7H4ClF2N/c8-5-1-4(3-11)6(9)2-7(5)10/h1-3,11H. The molecule has 0 heterocycles. The summed E-state index contributed by atoms with van der Waals surface area (Å²) in [6, 6.07) is 1.72. The molecule has 1 nitrogen and oxygen atoms in total. The SMILES string of the molecule is N=Cc1cc(Cl)c(F)cc1F. The molecule has 1 aromatic carbocycles. The van der Waals surface area contributed by atoms with Crippen molar-refractivity contribution < 1.29 is 8.78 Å². The van der Waals surface area contributed by atoms with E-state index in [0.29, 0.717) is 6.07 Å². The highest BCUT2D eigenvalue weighted by Gasteiger charge is 2.05. The van der Waals surface area contributed by atoms with Gasteiger partial charge in [0, 0.05) is 17.8 Å². The van der Waals surface area contributed by atoms with Gasteiger partial charge in [-0.15, -0.1) is 0 Å². The van der Waals surface area contributed by atoms with E-state index < -0.39 is 11.6 Å². The largest absolute Gasteiger partial charge is 0.308 e. The lowest BCUT2D eigenvalue weighted by molar-refractivity contribution is 0.582. The van der Waals surface area contributed by atoms with Crippen LogP contribution in [-0.2, 0) is 0 Å². The molecule has 0 aliphatic heterocycles. The van der Waals surface area contributed by atoms with E-state index in [1.165, 1.54) is 0 Å². The fourth-order valence-electron chi connectivity index (χ4n) is 0.649. The van der Waals surface area contributed by atoms with Gasteiger partial charge in [0.05, 0.1) is 5.02 Å². The van der Waals surface area contributed by atoms with Crippen molar-refractivity contribution in [2.45, 2.75) is 0 Å². The summed E-state index contributed by atoms with van der Waals surface area (Å²) in [5.41, 5.74) is -0.0172. The molecule has 1 aromatic rings. The molecule has 0 amide bonds. The maximum atomic E-state index is 12.6. The first-order valence-electron chi connectivity index (χ1n) is 2.80. The molecule has 0 spiro atoms. The highest BCUT2D eigenvalue weighted by atomic mass is 35.5. The lowest BCUT2D eigenvalue weighted by Crippen LogP contribution is -1.89. The van der Waals surface area contributed by atoms with E-state index in [1.807, 2.05) is 0 Å². The molecule has 0 atom stereocenters. The third-order valence-electron chi connectivity index (χ3n) is 1.20. The quantitative estimate of drug-likeness (QED) is 0.501. The minimum atomic E-state index is -0.810. The van der Waals surface area contributed by atoms with Crippen LogP contribution in [0.2, 0.25) is 5.02 Å². The molecule has 4 heteroatoms. The third-order valence-corrected chi connectivity index (χ3v) is 1.48. The highest BCUT2D eigenvalue weighted by molar-refractivity contribution is 6.31. The van der Waals surface area contributed by atoms with Crippen molar-refractivity contribution in [3.05, 3.63) is 34.4 Å². The van der Waals surface area contributed by atoms with Crippen molar-refractivity contribution in [3.63, 3.8) is 0 Å². The van der Waals surface area contributed by atoms with E-state index in [2.05, 4.69) is 0 Å². The van der Waals surface area contributed by atoms with Crippen LogP contribution in [0.5, 0.6) is 0 Å². The Kier molecular flexibility index (Phi) is 2.19. The van der Waals surface area contributed by atoms with Crippen LogP contribution in [0.4, 0.5) is 8.78 Å². The van der Waals surface area contributed by atoms with Crippen LogP contribution < -0.4 is 0 Å². The molecule has 0 saturated carbocycles. The molecule has 0 fully saturated rings. The predicted molar refractivity (Wildman–Crippen MR) is 39.3 cm³/mol. The van der Waals surface area contributed by atoms with E-state index in [4.69, 9.17) is 17.0 Å². The third kappa shape index (κ3) is 1.54. The van der Waals surface area contributed by atoms with E-state index >= 15 is 0 Å². The summed E-state index contributed by atoms with van der Waals surface area (Å²) in [4.78, 5) is 0. The summed E-state index contributed by atoms with van der Waals surface area (Å²) in [5.74, 6) is -1.59. The topological polar surface area (TPSA) is 23.9 Å². The second-order valence-corrected chi connectivity index (χ2v) is 2.34. The molecule has 1 rings (SSSR count). The molecule has 0 aliphatic rings. The van der Waals surface area contributed by atoms with Gasteiger partial charge < -0.3 is 5.41 Å². The van der Waals surface area contributed by atoms with Gasteiger partial charge in [-0.3, -0.25) is 0 Å². The van der Waals surface area contributed by atoms with Crippen molar-refractivity contribution in [1.82, 2.24) is 0 Å². The Morgan fingerprint density at radius 1 is 1.27 bits per heavy atom. The Labute approximate surface area is 67.1 Å². The average molecular weight is 176 g/mol. The monoisotopic (exact) mass is 175 g/mol. The number of hydrogen-bond donors (Lipinski definition) is 1. The molecule has 0 unspecified atom stereocenters. The number of nitrogens with one attached hydrogen (secondary N) is 1. The zero-order valence-electron chi connectivity index (χ0n) is 5.37. The molecule has 0 aromatic heterocycles. The fourth-order valence-corrected chi connectivity index (χ4v) is 0.821. The van der Waals surface area contributed by atoms with Crippen LogP contribution in [0.1, 0.15) is 5.56 Å². The van der Waals surface area contributed by atoms with Crippen molar-refractivity contribution in [1.29, 1.82) is 5.41 Å². The first-order chi connectivity index (χ1) is 5.15. The summed E-state index contributed by atoms with van der Waals surface area (Å²) in [6.07, 6.45) is 0.778. The first-order valence-corrected chi connectivity index (χ1v) is 3.18. The minimum Gasteiger partial charge on any atom is -0.308 e. The average Bonchev–Trinajstić information content (AvgIpc) is 1.97. The van der Waals surface area contributed by atoms with E-state index in [0.717, 1.165) is 12.3 Å². The van der Waals surface area contributed by atoms with Crippen LogP contribution >= 0.6 is 11.6 Å². The van der Waals surface area contributed by atoms with Gasteiger partial charge in [0.15, 0.2) is 0 Å². The van der Waals surface area contributed by atoms with Gasteiger partial charge in [-0.05, 0) is 6.07 Å². The zero-order chi connectivity index (χ0) is 8.43. The van der Waals surface area contributed by atoms with Crippen LogP contribution in [0.15, 0.2) is 12.1 Å². The lowest BCUT2D eigenvalue weighted by atomic mass is 10.2. The maximum Gasteiger partial charge on any atom is 0.144 e. The van der Waals surface area contributed by atoms with Crippen LogP contribution in [0.25, 0.3) is 0 Å². The fraction of sp³-hybridized carbons (Fsp3) is 0. The smallest absolute Gasteiger partial charge is 0.144 e. The molecule has 1 N–H and O–H groups in total. The molecule has 58 valence electrons. The van der Waals surface area contributed by atoms with Gasteiger partial charge in [-0.2, -0.15) is 0 Å². The van der Waals surface area contributed by atoms with Crippen LogP contribution in [0, 0.1) is 17.0 Å². The molecule has 0 bridgehead atoms. The molecule has 0 saturated heterocycles. The highest BCUT2D eigenvalue weighted by Crippen LogP contribution is 2.17. The van der Waals surface area contributed by atoms with Gasteiger partial charge in [0.25, 0.3) is 0 Å². The number of rotatable bonds is 1. The second-order valence-electron chi connectivity index (χ2n) is 1.93. The van der Waals surface area contributed by atoms with Crippen LogP contribution in [-0.4, -0.2) is 6.21 Å². The van der Waals surface area contributed by atoms with Crippen LogP contribution in [0.3, 0.4) is 0 Å². The summed E-state index contributed by atoms with van der Waals surface area (Å²) in [6.45, 7) is 0. The van der Waals surface area contributed by atoms with E-state index in [1.54, 1.807) is 0 Å². The Morgan fingerprint density at radius 3 is 2.45 bits per heavy atom. The van der Waals surface area contributed by atoms with Gasteiger partial charge in [0.1, 0.15) is 11.6 Å². The normalized spacial score (nSPS) is 9.73. The zero-order valence-corrected chi connectivity index (χ0v) is 6.12. The number of benzene rings is 1. The number of halogens is 3. The molecule has 11 heavy (non-hydrogen) atoms. The number of hydrogen-bond acceptors (Lipinski definition) is 1. The van der Waals surface area contributed by atoms with Crippen molar-refractivity contribution >= 4 is 17.8 Å². The Balaban J connectivity index is 3.31. The van der Waals surface area contributed by atoms with Crippen molar-refractivity contribution in [2.24, 2.45) is 0 Å². The first kappa shape index (κ1) is 8.14. The summed E-state index contributed by atoms with van der Waals surface area (Å²) < 4.78 is 25.0. The minimum absolute atomic E-state index is 0.0172. The Bertz CT molecular complexity index is 299.